The normalized spacial score (nSPS) is 12.6. The molecule has 0 aliphatic carbocycles. The van der Waals surface area contributed by atoms with E-state index in [0.717, 1.165) is 5.69 Å². The number of rotatable bonds is 5. The molecular weight excluding hydrogens is 461 g/mol. The van der Waals surface area contributed by atoms with Crippen molar-refractivity contribution in [3.05, 3.63) is 72.6 Å². The van der Waals surface area contributed by atoms with Crippen LogP contribution in [0.25, 0.3) is 17.1 Å². The van der Waals surface area contributed by atoms with Crippen molar-refractivity contribution in [2.45, 2.75) is 32.6 Å². The van der Waals surface area contributed by atoms with Gasteiger partial charge in [0.15, 0.2) is 12.1 Å². The number of H-pyrrole nitrogens is 2. The molecule has 1 unspecified atom stereocenters. The number of aromatic nitrogens is 5. The first-order valence-electron chi connectivity index (χ1n) is 9.53. The molecule has 4 rings (SSSR count). The van der Waals surface area contributed by atoms with E-state index >= 15 is 0 Å². The van der Waals surface area contributed by atoms with Gasteiger partial charge in [0.05, 0.1) is 32.2 Å². The second kappa shape index (κ2) is 8.15. The maximum Gasteiger partial charge on any atom is 0.284 e. The van der Waals surface area contributed by atoms with Gasteiger partial charge in [-0.25, -0.2) is 9.67 Å². The highest BCUT2D eigenvalue weighted by Gasteiger charge is 2.29. The minimum atomic E-state index is -0.408. The fourth-order valence-corrected chi connectivity index (χ4v) is 4.53. The van der Waals surface area contributed by atoms with Crippen LogP contribution in [0.2, 0.25) is 15.1 Å². The SMILES string of the molecule is CC(C)c1[nH]n(-c2c(Cl)cc(Cl)c(C=O)c2Cl)c2nc(C(C)c3ccc[nH]3)nc(=O)c1-2. The van der Waals surface area contributed by atoms with Gasteiger partial charge in [0.2, 0.25) is 0 Å². The third-order valence-electron chi connectivity index (χ3n) is 5.16. The molecule has 1 aromatic carbocycles. The fraction of sp³-hybridized carbons (Fsp3) is 0.238. The van der Waals surface area contributed by atoms with Crippen LogP contribution in [-0.4, -0.2) is 31.0 Å². The number of halogens is 3. The zero-order chi connectivity index (χ0) is 22.4. The minimum absolute atomic E-state index is 0.0397. The molecule has 1 aromatic heterocycles. The number of hydrogen-bond acceptors (Lipinski definition) is 4. The number of carbonyl (C=O) groups is 1. The minimum Gasteiger partial charge on any atom is -0.364 e. The summed E-state index contributed by atoms with van der Waals surface area (Å²) in [5.41, 5.74) is 1.81. The summed E-state index contributed by atoms with van der Waals surface area (Å²) in [7, 11) is 0. The molecule has 0 radical (unpaired) electrons. The van der Waals surface area contributed by atoms with Crippen molar-refractivity contribution in [2.24, 2.45) is 0 Å². The van der Waals surface area contributed by atoms with Gasteiger partial charge in [-0.3, -0.25) is 14.7 Å². The van der Waals surface area contributed by atoms with E-state index in [1.165, 1.54) is 10.7 Å². The Kier molecular flexibility index (Phi) is 5.68. The van der Waals surface area contributed by atoms with E-state index in [9.17, 15) is 9.59 Å². The molecule has 0 amide bonds. The highest BCUT2D eigenvalue weighted by atomic mass is 35.5. The van der Waals surface area contributed by atoms with E-state index in [-0.39, 0.29) is 38.2 Å². The number of nitrogens with zero attached hydrogens (tertiary/aromatic N) is 3. The van der Waals surface area contributed by atoms with Crippen molar-refractivity contribution in [1.82, 2.24) is 24.7 Å². The molecule has 1 atom stereocenters. The van der Waals surface area contributed by atoms with Crippen LogP contribution in [0, 0.1) is 0 Å². The van der Waals surface area contributed by atoms with Crippen molar-refractivity contribution < 1.29 is 4.79 Å². The van der Waals surface area contributed by atoms with Gasteiger partial charge >= 0.3 is 0 Å². The third kappa shape index (κ3) is 3.56. The standard InChI is InChI=1S/C21H18Cl3N5O2/c1-9(2)17-15-20(26-19(27-21(15)31)10(3)14-5-4-6-25-14)29(28-17)18-13(23)7-12(22)11(8-30)16(18)24/h4-10,25,28H,1-3H3. The predicted molar refractivity (Wildman–Crippen MR) is 121 cm³/mol. The Hall–Kier alpha value is -2.61. The lowest BCUT2D eigenvalue weighted by Gasteiger charge is -2.14. The summed E-state index contributed by atoms with van der Waals surface area (Å²) in [5, 5.41) is 3.57. The lowest BCUT2D eigenvalue weighted by molar-refractivity contribution is 0.112. The molecule has 2 N–H and O–H groups in total. The lowest BCUT2D eigenvalue weighted by atomic mass is 10.0. The number of carbonyl (C=O) groups excluding carboxylic acids is 1. The Bertz CT molecular complexity index is 1310. The summed E-state index contributed by atoms with van der Waals surface area (Å²) >= 11 is 19.1. The molecular formula is C21H18Cl3N5O2. The quantitative estimate of drug-likeness (QED) is 0.373. The van der Waals surface area contributed by atoms with E-state index in [4.69, 9.17) is 39.8 Å². The van der Waals surface area contributed by atoms with Gasteiger partial charge in [-0.1, -0.05) is 48.7 Å². The summed E-state index contributed by atoms with van der Waals surface area (Å²) in [4.78, 5) is 36.6. The summed E-state index contributed by atoms with van der Waals surface area (Å²) in [6.07, 6.45) is 2.36. The van der Waals surface area contributed by atoms with Crippen molar-refractivity contribution in [3.8, 4) is 17.1 Å². The third-order valence-corrected chi connectivity index (χ3v) is 6.15. The summed E-state index contributed by atoms with van der Waals surface area (Å²) in [5.74, 6) is 0.377. The number of fused-ring (bicyclic) bond motifs is 1. The summed E-state index contributed by atoms with van der Waals surface area (Å²) in [6.45, 7) is 5.78. The monoisotopic (exact) mass is 477 g/mol. The first-order chi connectivity index (χ1) is 14.7. The van der Waals surface area contributed by atoms with Crippen LogP contribution in [0.4, 0.5) is 0 Å². The van der Waals surface area contributed by atoms with Crippen LogP contribution in [0.3, 0.4) is 0 Å². The van der Waals surface area contributed by atoms with E-state index in [1.54, 1.807) is 6.20 Å². The van der Waals surface area contributed by atoms with Gasteiger partial charge in [-0.05, 0) is 31.0 Å². The Morgan fingerprint density at radius 2 is 1.87 bits per heavy atom. The largest absolute Gasteiger partial charge is 0.364 e. The molecule has 2 aromatic rings. The zero-order valence-electron chi connectivity index (χ0n) is 16.8. The molecule has 3 heterocycles. The van der Waals surface area contributed by atoms with E-state index in [2.05, 4.69) is 15.1 Å². The molecule has 0 saturated carbocycles. The number of aldehydes is 1. The second-order valence-corrected chi connectivity index (χ2v) is 8.67. The molecule has 0 spiro atoms. The fourth-order valence-electron chi connectivity index (χ4n) is 3.51. The van der Waals surface area contributed by atoms with Gasteiger partial charge in [-0.15, -0.1) is 0 Å². The van der Waals surface area contributed by atoms with Crippen LogP contribution in [0.5, 0.6) is 0 Å². The average molecular weight is 479 g/mol. The highest BCUT2D eigenvalue weighted by Crippen LogP contribution is 2.39. The molecule has 0 saturated heterocycles. The number of nitrogens with one attached hydrogen (secondary N) is 2. The highest BCUT2D eigenvalue weighted by molar-refractivity contribution is 6.43. The van der Waals surface area contributed by atoms with Crippen LogP contribution in [0.1, 0.15) is 60.2 Å². The first-order valence-corrected chi connectivity index (χ1v) is 10.7. The Morgan fingerprint density at radius 1 is 1.13 bits per heavy atom. The Labute approximate surface area is 192 Å². The van der Waals surface area contributed by atoms with Gasteiger partial charge in [0.25, 0.3) is 5.56 Å². The zero-order valence-corrected chi connectivity index (χ0v) is 19.1. The second-order valence-electron chi connectivity index (χ2n) is 7.48. The Morgan fingerprint density at radius 3 is 2.48 bits per heavy atom. The predicted octanol–water partition coefficient (Wildman–Crippen LogP) is 5.44. The number of benzene rings is 1. The van der Waals surface area contributed by atoms with Crippen molar-refractivity contribution in [3.63, 3.8) is 0 Å². The Balaban J connectivity index is 2.05. The molecule has 7 nitrogen and oxygen atoms in total. The van der Waals surface area contributed by atoms with Gasteiger partial charge in [-0.2, -0.15) is 4.98 Å². The summed E-state index contributed by atoms with van der Waals surface area (Å²) < 4.78 is 1.52. The molecule has 0 bridgehead atoms. The molecule has 160 valence electrons. The van der Waals surface area contributed by atoms with Crippen LogP contribution < -0.4 is 5.56 Å². The summed E-state index contributed by atoms with van der Waals surface area (Å²) in [6, 6.07) is 5.20. The van der Waals surface area contributed by atoms with Crippen molar-refractivity contribution >= 4 is 41.1 Å². The molecule has 31 heavy (non-hydrogen) atoms. The van der Waals surface area contributed by atoms with Gasteiger partial charge in [0.1, 0.15) is 17.1 Å². The van der Waals surface area contributed by atoms with E-state index in [1.807, 2.05) is 32.9 Å². The van der Waals surface area contributed by atoms with E-state index in [0.29, 0.717) is 29.2 Å². The van der Waals surface area contributed by atoms with E-state index < -0.39 is 5.56 Å². The number of aromatic amines is 2. The van der Waals surface area contributed by atoms with Crippen LogP contribution >= 0.6 is 34.8 Å². The van der Waals surface area contributed by atoms with Crippen molar-refractivity contribution in [1.29, 1.82) is 0 Å². The van der Waals surface area contributed by atoms with Crippen LogP contribution in [0.15, 0.2) is 29.2 Å². The molecule has 2 aliphatic heterocycles. The average Bonchev–Trinajstić information content (AvgIpc) is 3.36. The maximum atomic E-state index is 13.1. The molecule has 10 heteroatoms. The first kappa shape index (κ1) is 21.6. The lowest BCUT2D eigenvalue weighted by Crippen LogP contribution is -2.19. The topological polar surface area (TPSA) is 96.4 Å². The van der Waals surface area contributed by atoms with Gasteiger partial charge < -0.3 is 4.98 Å². The van der Waals surface area contributed by atoms with Crippen LogP contribution in [-0.2, 0) is 0 Å². The van der Waals surface area contributed by atoms with Gasteiger partial charge in [0, 0.05) is 11.9 Å². The smallest absolute Gasteiger partial charge is 0.284 e. The molecule has 0 fully saturated rings. The molecule has 2 aliphatic rings. The number of hydrogen-bond donors (Lipinski definition) is 2. The van der Waals surface area contributed by atoms with Crippen molar-refractivity contribution in [2.75, 3.05) is 0 Å². The maximum absolute atomic E-state index is 13.1.